The Kier molecular flexibility index (Phi) is 4.08. The van der Waals surface area contributed by atoms with Gasteiger partial charge >= 0.3 is 5.69 Å². The molecule has 0 spiro atoms. The van der Waals surface area contributed by atoms with Crippen LogP contribution in [0.25, 0.3) is 16.6 Å². The Hall–Kier alpha value is -4.19. The Balaban J connectivity index is 1.70. The number of nitrogens with one attached hydrogen (secondary N) is 1. The van der Waals surface area contributed by atoms with Crippen LogP contribution in [0.4, 0.5) is 0 Å². The van der Waals surface area contributed by atoms with Crippen LogP contribution in [-0.4, -0.2) is 24.3 Å². The highest BCUT2D eigenvalue weighted by atomic mass is 16.3. The van der Waals surface area contributed by atoms with Gasteiger partial charge in [-0.3, -0.25) is 4.57 Å². The number of para-hydroxylation sites is 2. The molecule has 5 aromatic rings. The number of aromatic hydroxyl groups is 2. The number of aryl methyl sites for hydroxylation is 2. The number of hydrogen-bond acceptors (Lipinski definition) is 3. The summed E-state index contributed by atoms with van der Waals surface area (Å²) in [6.07, 6.45) is 0.424. The second-order valence-corrected chi connectivity index (χ2v) is 8.74. The molecule has 0 fully saturated rings. The third kappa shape index (κ3) is 2.70. The Morgan fingerprint density at radius 1 is 0.939 bits per heavy atom. The number of benzene rings is 3. The molecule has 3 aromatic carbocycles. The van der Waals surface area contributed by atoms with Crippen LogP contribution in [0.15, 0.2) is 71.5 Å². The average Bonchev–Trinajstić information content (AvgIpc) is 3.28. The third-order valence-electron chi connectivity index (χ3n) is 6.73. The van der Waals surface area contributed by atoms with Gasteiger partial charge in [0.05, 0.1) is 11.4 Å². The van der Waals surface area contributed by atoms with Crippen molar-refractivity contribution in [3.63, 3.8) is 0 Å². The summed E-state index contributed by atoms with van der Waals surface area (Å²) in [4.78, 5) is 17.4. The Morgan fingerprint density at radius 3 is 2.42 bits per heavy atom. The van der Waals surface area contributed by atoms with Crippen LogP contribution in [0.3, 0.4) is 0 Å². The van der Waals surface area contributed by atoms with Crippen molar-refractivity contribution in [1.82, 2.24) is 14.1 Å². The molecule has 0 amide bonds. The molecule has 0 radical (unpaired) electrons. The average molecular weight is 437 g/mol. The molecule has 6 heteroatoms. The third-order valence-corrected chi connectivity index (χ3v) is 6.73. The van der Waals surface area contributed by atoms with Crippen LogP contribution in [0.5, 0.6) is 11.6 Å². The zero-order valence-corrected chi connectivity index (χ0v) is 18.3. The first-order valence-electron chi connectivity index (χ1n) is 11.0. The topological polar surface area (TPSA) is 83.2 Å². The van der Waals surface area contributed by atoms with Crippen LogP contribution in [0.2, 0.25) is 0 Å². The van der Waals surface area contributed by atoms with Gasteiger partial charge in [0.25, 0.3) is 0 Å². The molecule has 6 nitrogen and oxygen atoms in total. The number of aromatic nitrogens is 3. The number of imidazole rings is 1. The lowest BCUT2D eigenvalue weighted by atomic mass is 9.93. The van der Waals surface area contributed by atoms with Crippen molar-refractivity contribution in [2.24, 2.45) is 0 Å². The molecule has 0 bridgehead atoms. The second kappa shape index (κ2) is 6.90. The summed E-state index contributed by atoms with van der Waals surface area (Å²) in [6, 6.07) is 20.3. The molecule has 6 rings (SSSR count). The summed E-state index contributed by atoms with van der Waals surface area (Å²) in [6.45, 7) is 3.88. The maximum absolute atomic E-state index is 13.9. The molecular weight excluding hydrogens is 414 g/mol. The molecule has 0 saturated carbocycles. The number of aromatic amines is 1. The van der Waals surface area contributed by atoms with Crippen molar-refractivity contribution in [2.75, 3.05) is 0 Å². The standard InChI is InChI=1S/C27H23N3O3/c1-15-7-5-8-16(2)24(15)30-26(32)22-14-20-19-11-3-4-12-21(19)28-23(20)25(29(22)27(30)33)17-9-6-10-18(31)13-17/h3-13,25,28,31-32H,14H2,1-2H3. The van der Waals surface area contributed by atoms with Gasteiger partial charge in [-0.2, -0.15) is 0 Å². The zero-order chi connectivity index (χ0) is 22.9. The molecule has 2 aromatic heterocycles. The number of phenolic OH excluding ortho intramolecular Hbond substituents is 1. The van der Waals surface area contributed by atoms with Crippen molar-refractivity contribution in [3.8, 4) is 17.3 Å². The molecule has 3 heterocycles. The van der Waals surface area contributed by atoms with Crippen molar-refractivity contribution in [1.29, 1.82) is 0 Å². The van der Waals surface area contributed by atoms with Crippen LogP contribution >= 0.6 is 0 Å². The molecule has 0 saturated heterocycles. The van der Waals surface area contributed by atoms with E-state index in [0.717, 1.165) is 38.9 Å². The molecule has 1 aliphatic rings. The summed E-state index contributed by atoms with van der Waals surface area (Å²) in [5, 5.41) is 22.7. The molecule has 164 valence electrons. The van der Waals surface area contributed by atoms with E-state index in [1.165, 1.54) is 4.57 Å². The molecule has 1 aliphatic heterocycles. The van der Waals surface area contributed by atoms with E-state index in [9.17, 15) is 15.0 Å². The van der Waals surface area contributed by atoms with E-state index >= 15 is 0 Å². The van der Waals surface area contributed by atoms with Crippen molar-refractivity contribution < 1.29 is 10.2 Å². The lowest BCUT2D eigenvalue weighted by Gasteiger charge is -2.26. The van der Waals surface area contributed by atoms with Crippen LogP contribution < -0.4 is 5.69 Å². The van der Waals surface area contributed by atoms with E-state index < -0.39 is 6.04 Å². The Labute approximate surface area is 190 Å². The monoisotopic (exact) mass is 437 g/mol. The molecule has 3 N–H and O–H groups in total. The summed E-state index contributed by atoms with van der Waals surface area (Å²) < 4.78 is 3.08. The Bertz CT molecular complexity index is 1600. The van der Waals surface area contributed by atoms with Gasteiger partial charge in [0.2, 0.25) is 5.88 Å². The minimum atomic E-state index is -0.507. The zero-order valence-electron chi connectivity index (χ0n) is 18.3. The van der Waals surface area contributed by atoms with E-state index in [-0.39, 0.29) is 17.3 Å². The summed E-state index contributed by atoms with van der Waals surface area (Å²) >= 11 is 0. The summed E-state index contributed by atoms with van der Waals surface area (Å²) in [5.74, 6) is 0.0854. The normalized spacial score (nSPS) is 14.9. The smallest absolute Gasteiger partial charge is 0.336 e. The molecule has 0 aliphatic carbocycles. The molecule has 33 heavy (non-hydrogen) atoms. The first-order chi connectivity index (χ1) is 16.0. The lowest BCUT2D eigenvalue weighted by molar-refractivity contribution is 0.432. The fourth-order valence-electron chi connectivity index (χ4n) is 5.29. The van der Waals surface area contributed by atoms with Crippen LogP contribution in [0, 0.1) is 13.8 Å². The Morgan fingerprint density at radius 2 is 1.67 bits per heavy atom. The number of nitrogens with zero attached hydrogens (tertiary/aromatic N) is 2. The van der Waals surface area contributed by atoms with Gasteiger partial charge in [-0.05, 0) is 54.3 Å². The predicted molar refractivity (Wildman–Crippen MR) is 128 cm³/mol. The maximum Gasteiger partial charge on any atom is 0.336 e. The first-order valence-corrected chi connectivity index (χ1v) is 11.0. The predicted octanol–water partition coefficient (Wildman–Crippen LogP) is 4.69. The largest absolute Gasteiger partial charge is 0.508 e. The molecular formula is C27H23N3O3. The lowest BCUT2D eigenvalue weighted by Crippen LogP contribution is -2.32. The van der Waals surface area contributed by atoms with E-state index in [1.807, 2.05) is 56.3 Å². The molecule has 1 unspecified atom stereocenters. The van der Waals surface area contributed by atoms with Crippen molar-refractivity contribution in [2.45, 2.75) is 26.3 Å². The number of phenols is 1. The number of hydrogen-bond donors (Lipinski definition) is 3. The summed E-state index contributed by atoms with van der Waals surface area (Å²) in [5.41, 5.74) is 6.47. The van der Waals surface area contributed by atoms with Gasteiger partial charge in [-0.25, -0.2) is 9.36 Å². The minimum Gasteiger partial charge on any atom is -0.508 e. The van der Waals surface area contributed by atoms with Gasteiger partial charge in [0.1, 0.15) is 11.8 Å². The SMILES string of the molecule is Cc1cccc(C)c1-n1c(O)c2n(c1=O)C(c1cccc(O)c1)c1[nH]c3ccccc3c1C2. The highest BCUT2D eigenvalue weighted by Gasteiger charge is 2.36. The van der Waals surface area contributed by atoms with Crippen molar-refractivity contribution >= 4 is 10.9 Å². The van der Waals surface area contributed by atoms with Crippen molar-refractivity contribution in [3.05, 3.63) is 111 Å². The summed E-state index contributed by atoms with van der Waals surface area (Å²) in [7, 11) is 0. The van der Waals surface area contributed by atoms with E-state index in [0.29, 0.717) is 17.8 Å². The van der Waals surface area contributed by atoms with Crippen LogP contribution in [-0.2, 0) is 6.42 Å². The highest BCUT2D eigenvalue weighted by molar-refractivity contribution is 5.86. The van der Waals surface area contributed by atoms with E-state index in [4.69, 9.17) is 0 Å². The van der Waals surface area contributed by atoms with Gasteiger partial charge in [-0.1, -0.05) is 48.5 Å². The number of rotatable bonds is 2. The van der Waals surface area contributed by atoms with Gasteiger partial charge in [0.15, 0.2) is 0 Å². The molecule has 1 atom stereocenters. The van der Waals surface area contributed by atoms with Gasteiger partial charge in [-0.15, -0.1) is 0 Å². The highest BCUT2D eigenvalue weighted by Crippen LogP contribution is 2.42. The van der Waals surface area contributed by atoms with E-state index in [1.54, 1.807) is 22.8 Å². The maximum atomic E-state index is 13.9. The van der Waals surface area contributed by atoms with Crippen LogP contribution in [0.1, 0.15) is 39.7 Å². The van der Waals surface area contributed by atoms with Gasteiger partial charge in [0, 0.05) is 23.0 Å². The quantitative estimate of drug-likeness (QED) is 0.368. The number of H-pyrrole nitrogens is 1. The number of fused-ring (bicyclic) bond motifs is 4. The first kappa shape index (κ1) is 19.5. The fraction of sp³-hybridized carbons (Fsp3) is 0.148. The van der Waals surface area contributed by atoms with E-state index in [2.05, 4.69) is 11.1 Å². The minimum absolute atomic E-state index is 0.0431. The van der Waals surface area contributed by atoms with Gasteiger partial charge < -0.3 is 15.2 Å². The fourth-order valence-corrected chi connectivity index (χ4v) is 5.29. The second-order valence-electron chi connectivity index (χ2n) is 8.74.